The first-order valence-electron chi connectivity index (χ1n) is 7.77. The van der Waals surface area contributed by atoms with Gasteiger partial charge in [-0.2, -0.15) is 0 Å². The number of aromatic hydroxyl groups is 1. The van der Waals surface area contributed by atoms with E-state index in [4.69, 9.17) is 0 Å². The lowest BCUT2D eigenvalue weighted by Gasteiger charge is -2.10. The molecule has 0 saturated heterocycles. The topological polar surface area (TPSA) is 20.2 Å². The van der Waals surface area contributed by atoms with Crippen molar-refractivity contribution in [1.82, 2.24) is 0 Å². The first-order valence-corrected chi connectivity index (χ1v) is 7.77. The quantitative estimate of drug-likeness (QED) is 0.274. The molecule has 1 heteroatoms. The average Bonchev–Trinajstić information content (AvgIpc) is 2.60. The molecule has 1 nitrogen and oxygen atoms in total. The Balaban J connectivity index is 2.05. The second kappa shape index (κ2) is 4.47. The van der Waals surface area contributed by atoms with E-state index in [2.05, 4.69) is 54.6 Å². The fourth-order valence-corrected chi connectivity index (χ4v) is 3.58. The van der Waals surface area contributed by atoms with Crippen molar-refractivity contribution in [1.29, 1.82) is 0 Å². The fraction of sp³-hybridized carbons (Fsp3) is 0. The molecular formula is C22H14O. The lowest BCUT2D eigenvalue weighted by Crippen LogP contribution is -1.82. The van der Waals surface area contributed by atoms with Gasteiger partial charge in [-0.1, -0.05) is 60.7 Å². The molecule has 0 aliphatic carbocycles. The minimum absolute atomic E-state index is 0.341. The van der Waals surface area contributed by atoms with Crippen LogP contribution < -0.4 is 0 Å². The Morgan fingerprint density at radius 2 is 1.04 bits per heavy atom. The van der Waals surface area contributed by atoms with Gasteiger partial charge in [0, 0.05) is 5.39 Å². The summed E-state index contributed by atoms with van der Waals surface area (Å²) in [6, 6.07) is 27.1. The number of hydrogen-bond acceptors (Lipinski definition) is 1. The highest BCUT2D eigenvalue weighted by molar-refractivity contribution is 6.18. The Hall–Kier alpha value is -3.06. The van der Waals surface area contributed by atoms with E-state index in [0.717, 1.165) is 16.2 Å². The van der Waals surface area contributed by atoms with E-state index in [9.17, 15) is 5.11 Å². The molecule has 0 bridgehead atoms. The average molecular weight is 294 g/mol. The maximum Gasteiger partial charge on any atom is 0.124 e. The summed E-state index contributed by atoms with van der Waals surface area (Å²) in [5, 5.41) is 19.6. The number of fused-ring (bicyclic) bond motifs is 6. The number of phenolic OH excluding ortho intramolecular Hbond substituents is 1. The molecule has 0 radical (unpaired) electrons. The van der Waals surface area contributed by atoms with Gasteiger partial charge >= 0.3 is 0 Å². The zero-order valence-corrected chi connectivity index (χ0v) is 12.5. The predicted octanol–water partition coefficient (Wildman–Crippen LogP) is 6.01. The van der Waals surface area contributed by atoms with Crippen LogP contribution in [0.5, 0.6) is 5.75 Å². The van der Waals surface area contributed by atoms with Gasteiger partial charge in [0.25, 0.3) is 0 Å². The highest BCUT2D eigenvalue weighted by Gasteiger charge is 2.09. The van der Waals surface area contributed by atoms with Gasteiger partial charge in [-0.3, -0.25) is 0 Å². The van der Waals surface area contributed by atoms with Gasteiger partial charge in [0.2, 0.25) is 0 Å². The highest BCUT2D eigenvalue weighted by atomic mass is 16.3. The molecule has 0 unspecified atom stereocenters. The summed E-state index contributed by atoms with van der Waals surface area (Å²) in [5.74, 6) is 0.341. The molecule has 0 heterocycles. The van der Waals surface area contributed by atoms with Gasteiger partial charge < -0.3 is 5.11 Å². The molecule has 5 rings (SSSR count). The first-order chi connectivity index (χ1) is 11.3. The monoisotopic (exact) mass is 294 g/mol. The Bertz CT molecular complexity index is 1220. The standard InChI is InChI=1S/C22H14O/c23-22-12-15-6-2-4-8-18(15)20-11-16-10-9-14-5-1-3-7-17(14)19(16)13-21(20)22/h1-13,23H. The molecule has 0 fully saturated rings. The van der Waals surface area contributed by atoms with Gasteiger partial charge in [0.05, 0.1) is 0 Å². The van der Waals surface area contributed by atoms with Crippen LogP contribution >= 0.6 is 0 Å². The summed E-state index contributed by atoms with van der Waals surface area (Å²) in [6.45, 7) is 0. The van der Waals surface area contributed by atoms with Gasteiger partial charge in [0.1, 0.15) is 5.75 Å². The van der Waals surface area contributed by atoms with Crippen LogP contribution in [0, 0.1) is 0 Å². The van der Waals surface area contributed by atoms with Crippen LogP contribution in [0.15, 0.2) is 78.9 Å². The Morgan fingerprint density at radius 3 is 1.87 bits per heavy atom. The van der Waals surface area contributed by atoms with Crippen molar-refractivity contribution >= 4 is 43.1 Å². The molecule has 5 aromatic carbocycles. The van der Waals surface area contributed by atoms with Crippen LogP contribution in [0.1, 0.15) is 0 Å². The molecule has 0 saturated carbocycles. The van der Waals surface area contributed by atoms with Crippen molar-refractivity contribution in [3.8, 4) is 5.75 Å². The maximum atomic E-state index is 10.5. The second-order valence-electron chi connectivity index (χ2n) is 6.02. The normalized spacial score (nSPS) is 11.7. The summed E-state index contributed by atoms with van der Waals surface area (Å²) < 4.78 is 0. The summed E-state index contributed by atoms with van der Waals surface area (Å²) >= 11 is 0. The van der Waals surface area contributed by atoms with Gasteiger partial charge in [-0.25, -0.2) is 0 Å². The zero-order chi connectivity index (χ0) is 15.4. The third kappa shape index (κ3) is 1.74. The van der Waals surface area contributed by atoms with Crippen LogP contribution in [0.25, 0.3) is 43.1 Å². The molecule has 0 amide bonds. The van der Waals surface area contributed by atoms with E-state index in [1.807, 2.05) is 24.3 Å². The SMILES string of the molecule is Oc1cc2ccccc2c2cc3ccc4ccccc4c3cc12. The minimum atomic E-state index is 0.341. The smallest absolute Gasteiger partial charge is 0.124 e. The number of phenols is 1. The minimum Gasteiger partial charge on any atom is -0.507 e. The van der Waals surface area contributed by atoms with E-state index in [-0.39, 0.29) is 0 Å². The number of benzene rings is 5. The highest BCUT2D eigenvalue weighted by Crippen LogP contribution is 2.37. The Kier molecular flexibility index (Phi) is 2.42. The lowest BCUT2D eigenvalue weighted by molar-refractivity contribution is 0.482. The Labute approximate surface area is 133 Å². The summed E-state index contributed by atoms with van der Waals surface area (Å²) in [4.78, 5) is 0. The van der Waals surface area contributed by atoms with E-state index < -0.39 is 0 Å². The van der Waals surface area contributed by atoms with Crippen molar-refractivity contribution in [3.05, 3.63) is 78.9 Å². The van der Waals surface area contributed by atoms with Gasteiger partial charge in [0.15, 0.2) is 0 Å². The van der Waals surface area contributed by atoms with Crippen LogP contribution in [-0.2, 0) is 0 Å². The van der Waals surface area contributed by atoms with Crippen molar-refractivity contribution < 1.29 is 5.11 Å². The van der Waals surface area contributed by atoms with Gasteiger partial charge in [-0.05, 0) is 55.9 Å². The third-order valence-electron chi connectivity index (χ3n) is 4.70. The molecule has 0 aliphatic heterocycles. The van der Waals surface area contributed by atoms with E-state index in [1.165, 1.54) is 26.9 Å². The first kappa shape index (κ1) is 12.5. The zero-order valence-electron chi connectivity index (χ0n) is 12.5. The molecule has 23 heavy (non-hydrogen) atoms. The fourth-order valence-electron chi connectivity index (χ4n) is 3.58. The van der Waals surface area contributed by atoms with Crippen LogP contribution in [0.3, 0.4) is 0 Å². The second-order valence-corrected chi connectivity index (χ2v) is 6.02. The molecule has 5 aromatic rings. The largest absolute Gasteiger partial charge is 0.507 e. The van der Waals surface area contributed by atoms with E-state index in [1.54, 1.807) is 0 Å². The summed E-state index contributed by atoms with van der Waals surface area (Å²) in [7, 11) is 0. The van der Waals surface area contributed by atoms with Crippen molar-refractivity contribution in [2.45, 2.75) is 0 Å². The third-order valence-corrected chi connectivity index (χ3v) is 4.70. The molecule has 0 atom stereocenters. The molecule has 108 valence electrons. The summed E-state index contributed by atoms with van der Waals surface area (Å²) in [6.07, 6.45) is 0. The van der Waals surface area contributed by atoms with Crippen LogP contribution in [-0.4, -0.2) is 5.11 Å². The number of rotatable bonds is 0. The number of hydrogen-bond donors (Lipinski definition) is 1. The molecule has 1 N–H and O–H groups in total. The predicted molar refractivity (Wildman–Crippen MR) is 98.1 cm³/mol. The molecule has 0 aliphatic rings. The van der Waals surface area contributed by atoms with Crippen molar-refractivity contribution in [2.75, 3.05) is 0 Å². The van der Waals surface area contributed by atoms with Crippen LogP contribution in [0.4, 0.5) is 0 Å². The lowest BCUT2D eigenvalue weighted by atomic mass is 9.95. The maximum absolute atomic E-state index is 10.5. The summed E-state index contributed by atoms with van der Waals surface area (Å²) in [5.41, 5.74) is 0. The van der Waals surface area contributed by atoms with E-state index in [0.29, 0.717) is 5.75 Å². The van der Waals surface area contributed by atoms with Crippen molar-refractivity contribution in [3.63, 3.8) is 0 Å². The molecule has 0 spiro atoms. The molecule has 0 aromatic heterocycles. The van der Waals surface area contributed by atoms with E-state index >= 15 is 0 Å². The van der Waals surface area contributed by atoms with Crippen LogP contribution in [0.2, 0.25) is 0 Å². The molecular weight excluding hydrogens is 280 g/mol. The Morgan fingerprint density at radius 1 is 0.435 bits per heavy atom. The van der Waals surface area contributed by atoms with Crippen molar-refractivity contribution in [2.24, 2.45) is 0 Å². The van der Waals surface area contributed by atoms with Gasteiger partial charge in [-0.15, -0.1) is 0 Å².